The average molecular weight is 435 g/mol. The molecule has 0 radical (unpaired) electrons. The van der Waals surface area contributed by atoms with Gasteiger partial charge < -0.3 is 19.7 Å². The maximum atomic E-state index is 11.2. The number of benzene rings is 3. The summed E-state index contributed by atoms with van der Waals surface area (Å²) in [5.74, 6) is 0.303. The van der Waals surface area contributed by atoms with Crippen molar-refractivity contribution in [3.8, 4) is 22.6 Å². The van der Waals surface area contributed by atoms with Crippen LogP contribution in [0.3, 0.4) is 0 Å². The van der Waals surface area contributed by atoms with Gasteiger partial charge >= 0.3 is 5.97 Å². The number of aromatic carboxylic acids is 1. The van der Waals surface area contributed by atoms with E-state index in [9.17, 15) is 15.0 Å². The first-order valence-electron chi connectivity index (χ1n) is 10.7. The standard InChI is InChI=1S/C27H30O5/c1-17-7-8-21(14-18(17)2)24(28)6-5-13-32-26-16-20(10-12-25(26)31-4)23-11-9-22(27(29)30)15-19(23)3/h7-12,14-16,24,28H,5-6,13H2,1-4H3,(H,29,30). The molecule has 0 aliphatic carbocycles. The predicted octanol–water partition coefficient (Wildman–Crippen LogP) is 5.88. The second-order valence-electron chi connectivity index (χ2n) is 8.05. The number of carbonyl (C=O) groups is 1. The maximum absolute atomic E-state index is 11.2. The second kappa shape index (κ2) is 10.3. The quantitative estimate of drug-likeness (QED) is 0.412. The van der Waals surface area contributed by atoms with Crippen molar-refractivity contribution >= 4 is 5.97 Å². The molecule has 5 nitrogen and oxygen atoms in total. The van der Waals surface area contributed by atoms with Gasteiger partial charge in [-0.05, 0) is 91.3 Å². The highest BCUT2D eigenvalue weighted by atomic mass is 16.5. The van der Waals surface area contributed by atoms with Crippen LogP contribution in [0.25, 0.3) is 11.1 Å². The first kappa shape index (κ1) is 23.4. The zero-order chi connectivity index (χ0) is 23.3. The summed E-state index contributed by atoms with van der Waals surface area (Å²) in [5, 5.41) is 19.7. The van der Waals surface area contributed by atoms with Crippen LogP contribution < -0.4 is 9.47 Å². The molecular formula is C27H30O5. The number of ether oxygens (including phenoxy) is 2. The molecule has 2 N–H and O–H groups in total. The van der Waals surface area contributed by atoms with Crippen molar-refractivity contribution in [1.29, 1.82) is 0 Å². The van der Waals surface area contributed by atoms with Gasteiger partial charge in [0, 0.05) is 0 Å². The van der Waals surface area contributed by atoms with E-state index in [0.717, 1.165) is 22.3 Å². The molecule has 3 aromatic carbocycles. The monoisotopic (exact) mass is 434 g/mol. The minimum atomic E-state index is -0.943. The minimum absolute atomic E-state index is 0.263. The molecule has 0 saturated carbocycles. The lowest BCUT2D eigenvalue weighted by Gasteiger charge is -2.15. The van der Waals surface area contributed by atoms with Gasteiger partial charge in [0.15, 0.2) is 11.5 Å². The molecule has 3 aromatic rings. The maximum Gasteiger partial charge on any atom is 0.335 e. The number of carboxylic acids is 1. The van der Waals surface area contributed by atoms with Crippen molar-refractivity contribution in [3.05, 3.63) is 82.4 Å². The van der Waals surface area contributed by atoms with Crippen LogP contribution in [0.1, 0.15) is 51.6 Å². The average Bonchev–Trinajstić information content (AvgIpc) is 2.78. The van der Waals surface area contributed by atoms with Gasteiger partial charge in [0.2, 0.25) is 0 Å². The minimum Gasteiger partial charge on any atom is -0.493 e. The Kier molecular flexibility index (Phi) is 7.54. The second-order valence-corrected chi connectivity index (χ2v) is 8.05. The van der Waals surface area contributed by atoms with Crippen molar-refractivity contribution in [2.24, 2.45) is 0 Å². The molecule has 0 aromatic heterocycles. The summed E-state index contributed by atoms with van der Waals surface area (Å²) >= 11 is 0. The Morgan fingerprint density at radius 2 is 1.69 bits per heavy atom. The summed E-state index contributed by atoms with van der Waals surface area (Å²) in [6.07, 6.45) is 0.759. The van der Waals surface area contributed by atoms with Crippen molar-refractivity contribution in [3.63, 3.8) is 0 Å². The molecule has 0 amide bonds. The van der Waals surface area contributed by atoms with Crippen LogP contribution >= 0.6 is 0 Å². The lowest BCUT2D eigenvalue weighted by atomic mass is 9.98. The number of aliphatic hydroxyl groups excluding tert-OH is 1. The van der Waals surface area contributed by atoms with Crippen LogP contribution in [0, 0.1) is 20.8 Å². The Morgan fingerprint density at radius 1 is 0.906 bits per heavy atom. The number of aryl methyl sites for hydroxylation is 3. The normalized spacial score (nSPS) is 11.8. The Balaban J connectivity index is 1.67. The van der Waals surface area contributed by atoms with Crippen molar-refractivity contribution < 1.29 is 24.5 Å². The molecule has 0 bridgehead atoms. The molecule has 0 spiro atoms. The summed E-state index contributed by atoms with van der Waals surface area (Å²) in [4.78, 5) is 11.2. The number of methoxy groups -OCH3 is 1. The van der Waals surface area contributed by atoms with E-state index >= 15 is 0 Å². The van der Waals surface area contributed by atoms with Crippen LogP contribution in [0.2, 0.25) is 0 Å². The first-order valence-corrected chi connectivity index (χ1v) is 10.7. The SMILES string of the molecule is COc1ccc(-c2ccc(C(=O)O)cc2C)cc1OCCCC(O)c1ccc(C)c(C)c1. The molecule has 0 fully saturated rings. The van der Waals surface area contributed by atoms with E-state index in [2.05, 4.69) is 6.92 Å². The van der Waals surface area contributed by atoms with E-state index in [0.29, 0.717) is 30.9 Å². The van der Waals surface area contributed by atoms with Gasteiger partial charge in [-0.3, -0.25) is 0 Å². The Bertz CT molecular complexity index is 1100. The highest BCUT2D eigenvalue weighted by molar-refractivity contribution is 5.89. The fraction of sp³-hybridized carbons (Fsp3) is 0.296. The van der Waals surface area contributed by atoms with E-state index < -0.39 is 12.1 Å². The molecule has 0 saturated heterocycles. The molecular weight excluding hydrogens is 404 g/mol. The molecule has 0 aliphatic rings. The lowest BCUT2D eigenvalue weighted by molar-refractivity contribution is 0.0696. The van der Waals surface area contributed by atoms with E-state index in [1.807, 2.05) is 56.3 Å². The largest absolute Gasteiger partial charge is 0.493 e. The number of carboxylic acid groups (broad SMARTS) is 1. The summed E-state index contributed by atoms with van der Waals surface area (Å²) < 4.78 is 11.4. The van der Waals surface area contributed by atoms with Gasteiger partial charge in [0.25, 0.3) is 0 Å². The highest BCUT2D eigenvalue weighted by Crippen LogP contribution is 2.34. The first-order chi connectivity index (χ1) is 15.3. The van der Waals surface area contributed by atoms with Gasteiger partial charge in [-0.1, -0.05) is 30.3 Å². The molecule has 168 valence electrons. The number of hydrogen-bond donors (Lipinski definition) is 2. The van der Waals surface area contributed by atoms with Gasteiger partial charge in [0.05, 0.1) is 25.4 Å². The van der Waals surface area contributed by atoms with Crippen LogP contribution in [-0.2, 0) is 0 Å². The summed E-state index contributed by atoms with van der Waals surface area (Å²) in [6.45, 7) is 6.44. The molecule has 0 aliphatic heterocycles. The van der Waals surface area contributed by atoms with Gasteiger partial charge in [-0.15, -0.1) is 0 Å². The topological polar surface area (TPSA) is 76.0 Å². The Morgan fingerprint density at radius 3 is 2.34 bits per heavy atom. The van der Waals surface area contributed by atoms with Gasteiger partial charge in [-0.25, -0.2) is 4.79 Å². The molecule has 1 unspecified atom stereocenters. The van der Waals surface area contributed by atoms with E-state index in [-0.39, 0.29) is 5.56 Å². The van der Waals surface area contributed by atoms with Gasteiger partial charge in [-0.2, -0.15) is 0 Å². The molecule has 5 heteroatoms. The summed E-state index contributed by atoms with van der Waals surface area (Å²) in [6, 6.07) is 16.8. The predicted molar refractivity (Wildman–Crippen MR) is 126 cm³/mol. The number of rotatable bonds is 9. The zero-order valence-electron chi connectivity index (χ0n) is 19.0. The third-order valence-corrected chi connectivity index (χ3v) is 5.74. The summed E-state index contributed by atoms with van der Waals surface area (Å²) in [7, 11) is 1.60. The zero-order valence-corrected chi connectivity index (χ0v) is 19.0. The molecule has 0 heterocycles. The number of hydrogen-bond acceptors (Lipinski definition) is 4. The van der Waals surface area contributed by atoms with Crippen molar-refractivity contribution in [1.82, 2.24) is 0 Å². The fourth-order valence-electron chi connectivity index (χ4n) is 3.67. The van der Waals surface area contributed by atoms with Crippen LogP contribution in [-0.4, -0.2) is 29.9 Å². The summed E-state index contributed by atoms with van der Waals surface area (Å²) in [5.41, 5.74) is 6.30. The van der Waals surface area contributed by atoms with E-state index in [1.165, 1.54) is 11.1 Å². The van der Waals surface area contributed by atoms with E-state index in [4.69, 9.17) is 9.47 Å². The third-order valence-electron chi connectivity index (χ3n) is 5.74. The fourth-order valence-corrected chi connectivity index (χ4v) is 3.67. The van der Waals surface area contributed by atoms with Crippen LogP contribution in [0.5, 0.6) is 11.5 Å². The highest BCUT2D eigenvalue weighted by Gasteiger charge is 2.12. The Labute approximate surface area is 189 Å². The van der Waals surface area contributed by atoms with E-state index in [1.54, 1.807) is 19.2 Å². The molecule has 1 atom stereocenters. The lowest BCUT2D eigenvalue weighted by Crippen LogP contribution is -2.04. The smallest absolute Gasteiger partial charge is 0.335 e. The Hall–Kier alpha value is -3.31. The van der Waals surface area contributed by atoms with Crippen LogP contribution in [0.15, 0.2) is 54.6 Å². The molecule has 3 rings (SSSR count). The van der Waals surface area contributed by atoms with Crippen LogP contribution in [0.4, 0.5) is 0 Å². The third kappa shape index (κ3) is 5.48. The number of aliphatic hydroxyl groups is 1. The van der Waals surface area contributed by atoms with Gasteiger partial charge in [0.1, 0.15) is 0 Å². The van der Waals surface area contributed by atoms with Crippen molar-refractivity contribution in [2.45, 2.75) is 39.7 Å². The van der Waals surface area contributed by atoms with Crippen molar-refractivity contribution in [2.75, 3.05) is 13.7 Å². The molecule has 32 heavy (non-hydrogen) atoms.